The number of aromatic nitrogens is 5. The Bertz CT molecular complexity index is 1180. The van der Waals surface area contributed by atoms with E-state index in [1.165, 1.54) is 12.1 Å². The molecular weight excluding hydrogens is 399 g/mol. The molecule has 0 radical (unpaired) electrons. The van der Waals surface area contributed by atoms with E-state index < -0.39 is 0 Å². The zero-order chi connectivity index (χ0) is 21.8. The van der Waals surface area contributed by atoms with E-state index in [0.717, 1.165) is 5.56 Å². The fourth-order valence-electron chi connectivity index (χ4n) is 3.20. The minimum Gasteiger partial charge on any atom is -0.383 e. The molecule has 31 heavy (non-hydrogen) atoms. The second-order valence-corrected chi connectivity index (χ2v) is 6.95. The van der Waals surface area contributed by atoms with Crippen LogP contribution in [0.25, 0.3) is 16.9 Å². The monoisotopic (exact) mass is 422 g/mol. The molecular formula is C21H23FN8O. The number of halogens is 1. The summed E-state index contributed by atoms with van der Waals surface area (Å²) in [5.74, 6) is 1.04. The minimum atomic E-state index is -0.277. The van der Waals surface area contributed by atoms with E-state index in [0.29, 0.717) is 47.6 Å². The molecule has 0 aliphatic carbocycles. The Morgan fingerprint density at radius 1 is 1.23 bits per heavy atom. The summed E-state index contributed by atoms with van der Waals surface area (Å²) in [5, 5.41) is 10.8. The zero-order valence-electron chi connectivity index (χ0n) is 17.2. The second-order valence-electron chi connectivity index (χ2n) is 6.95. The number of hydrogen-bond acceptors (Lipinski definition) is 8. The third-order valence-corrected chi connectivity index (χ3v) is 4.73. The quantitative estimate of drug-likeness (QED) is 0.371. The van der Waals surface area contributed by atoms with Crippen LogP contribution in [0.1, 0.15) is 18.5 Å². The van der Waals surface area contributed by atoms with Crippen LogP contribution in [0.2, 0.25) is 0 Å². The predicted octanol–water partition coefficient (Wildman–Crippen LogP) is 3.14. The molecule has 4 rings (SSSR count). The van der Waals surface area contributed by atoms with E-state index in [1.54, 1.807) is 48.3 Å². The standard InChI is InChI=1S/C21H23FN8O/c1-13(14-4-6-15(22)7-5-14)26-17-12-16(27-21(28-17)25-9-11-31-2)18-19(23)29-30-10-3-8-24-20(18)30/h3-8,10,12-13H,9,11H2,1-2H3,(H2,23,29)(H2,25,26,27,28)/t13-/m0/s1. The van der Waals surface area contributed by atoms with Gasteiger partial charge in [-0.3, -0.25) is 0 Å². The van der Waals surface area contributed by atoms with Crippen molar-refractivity contribution in [3.8, 4) is 11.3 Å². The average molecular weight is 422 g/mol. The third kappa shape index (κ3) is 4.53. The molecule has 10 heteroatoms. The maximum Gasteiger partial charge on any atom is 0.225 e. The molecule has 0 unspecified atom stereocenters. The van der Waals surface area contributed by atoms with Crippen LogP contribution in [0.4, 0.5) is 22.0 Å². The van der Waals surface area contributed by atoms with E-state index in [2.05, 4.69) is 30.7 Å². The van der Waals surface area contributed by atoms with Crippen molar-refractivity contribution in [2.24, 2.45) is 0 Å². The Kier molecular flexibility index (Phi) is 5.89. The van der Waals surface area contributed by atoms with Gasteiger partial charge in [0.05, 0.1) is 17.9 Å². The van der Waals surface area contributed by atoms with Crippen molar-refractivity contribution in [2.45, 2.75) is 13.0 Å². The van der Waals surface area contributed by atoms with Crippen molar-refractivity contribution in [1.82, 2.24) is 24.6 Å². The van der Waals surface area contributed by atoms with Gasteiger partial charge in [-0.25, -0.2) is 18.9 Å². The van der Waals surface area contributed by atoms with Gasteiger partial charge < -0.3 is 21.1 Å². The molecule has 4 aromatic rings. The van der Waals surface area contributed by atoms with Crippen molar-refractivity contribution < 1.29 is 9.13 Å². The molecule has 0 amide bonds. The number of nitrogens with zero attached hydrogens (tertiary/aromatic N) is 5. The van der Waals surface area contributed by atoms with E-state index >= 15 is 0 Å². The van der Waals surface area contributed by atoms with Crippen LogP contribution in [0.15, 0.2) is 48.8 Å². The number of nitrogens with two attached hydrogens (primary N) is 1. The van der Waals surface area contributed by atoms with Crippen LogP contribution in [-0.4, -0.2) is 44.8 Å². The number of anilines is 3. The maximum absolute atomic E-state index is 13.3. The van der Waals surface area contributed by atoms with Gasteiger partial charge in [0.25, 0.3) is 0 Å². The van der Waals surface area contributed by atoms with Gasteiger partial charge in [0.2, 0.25) is 5.95 Å². The lowest BCUT2D eigenvalue weighted by atomic mass is 10.1. The zero-order valence-corrected chi connectivity index (χ0v) is 17.2. The van der Waals surface area contributed by atoms with Gasteiger partial charge in [-0.15, -0.1) is 5.10 Å². The van der Waals surface area contributed by atoms with E-state index in [-0.39, 0.29) is 11.9 Å². The number of hydrogen-bond donors (Lipinski definition) is 3. The number of fused-ring (bicyclic) bond motifs is 1. The lowest BCUT2D eigenvalue weighted by molar-refractivity contribution is 0.210. The summed E-state index contributed by atoms with van der Waals surface area (Å²) in [6, 6.07) is 9.79. The highest BCUT2D eigenvalue weighted by molar-refractivity contribution is 5.85. The molecule has 160 valence electrons. The predicted molar refractivity (Wildman–Crippen MR) is 117 cm³/mol. The fourth-order valence-corrected chi connectivity index (χ4v) is 3.20. The molecule has 3 aromatic heterocycles. The first-order valence-electron chi connectivity index (χ1n) is 9.78. The first kappa shape index (κ1) is 20.5. The van der Waals surface area contributed by atoms with Crippen LogP contribution in [-0.2, 0) is 4.74 Å². The number of rotatable bonds is 8. The minimum absolute atomic E-state index is 0.116. The Labute approximate surface area is 178 Å². The van der Waals surface area contributed by atoms with Crippen LogP contribution < -0.4 is 16.4 Å². The number of nitrogen functional groups attached to an aromatic ring is 1. The second kappa shape index (κ2) is 8.92. The van der Waals surface area contributed by atoms with E-state index in [9.17, 15) is 4.39 Å². The molecule has 0 aliphatic heterocycles. The molecule has 0 fully saturated rings. The molecule has 0 saturated heterocycles. The SMILES string of the molecule is COCCNc1nc(N[C@@H](C)c2ccc(F)cc2)cc(-c2c(N)nn3cccnc23)n1. The van der Waals surface area contributed by atoms with E-state index in [4.69, 9.17) is 10.5 Å². The molecule has 3 heterocycles. The van der Waals surface area contributed by atoms with Crippen LogP contribution in [0.3, 0.4) is 0 Å². The van der Waals surface area contributed by atoms with E-state index in [1.807, 2.05) is 6.92 Å². The van der Waals surface area contributed by atoms with Crippen molar-refractivity contribution in [3.05, 3.63) is 60.2 Å². The summed E-state index contributed by atoms with van der Waals surface area (Å²) in [6.45, 7) is 3.01. The average Bonchev–Trinajstić information content (AvgIpc) is 3.10. The Morgan fingerprint density at radius 2 is 2.03 bits per heavy atom. The smallest absolute Gasteiger partial charge is 0.225 e. The summed E-state index contributed by atoms with van der Waals surface area (Å²) >= 11 is 0. The van der Waals surface area contributed by atoms with Gasteiger partial charge in [-0.2, -0.15) is 4.98 Å². The molecule has 1 aromatic carbocycles. The lowest BCUT2D eigenvalue weighted by Crippen LogP contribution is -2.13. The molecule has 4 N–H and O–H groups in total. The number of benzene rings is 1. The highest BCUT2D eigenvalue weighted by Gasteiger charge is 2.18. The van der Waals surface area contributed by atoms with Gasteiger partial charge in [0, 0.05) is 38.2 Å². The van der Waals surface area contributed by atoms with Gasteiger partial charge in [-0.1, -0.05) is 12.1 Å². The molecule has 0 aliphatic rings. The Morgan fingerprint density at radius 3 is 2.81 bits per heavy atom. The van der Waals surface area contributed by atoms with Gasteiger partial charge in [-0.05, 0) is 30.7 Å². The summed E-state index contributed by atoms with van der Waals surface area (Å²) in [6.07, 6.45) is 3.45. The summed E-state index contributed by atoms with van der Waals surface area (Å²) < 4.78 is 20.0. The Hall–Kier alpha value is -3.79. The molecule has 1 atom stereocenters. The molecule has 9 nitrogen and oxygen atoms in total. The van der Waals surface area contributed by atoms with Gasteiger partial charge in [0.15, 0.2) is 11.5 Å². The number of nitrogens with one attached hydrogen (secondary N) is 2. The van der Waals surface area contributed by atoms with Gasteiger partial charge >= 0.3 is 0 Å². The van der Waals surface area contributed by atoms with Crippen molar-refractivity contribution >= 4 is 23.2 Å². The third-order valence-electron chi connectivity index (χ3n) is 4.73. The highest BCUT2D eigenvalue weighted by atomic mass is 19.1. The van der Waals surface area contributed by atoms with Crippen molar-refractivity contribution in [2.75, 3.05) is 36.6 Å². The van der Waals surface area contributed by atoms with Crippen LogP contribution in [0.5, 0.6) is 0 Å². The molecule has 0 saturated carbocycles. The summed E-state index contributed by atoms with van der Waals surface area (Å²) in [7, 11) is 1.63. The van der Waals surface area contributed by atoms with Crippen LogP contribution in [0, 0.1) is 5.82 Å². The van der Waals surface area contributed by atoms with Crippen molar-refractivity contribution in [1.29, 1.82) is 0 Å². The molecule has 0 bridgehead atoms. The Balaban J connectivity index is 1.71. The topological polar surface area (TPSA) is 115 Å². The first-order valence-corrected chi connectivity index (χ1v) is 9.78. The normalized spacial score (nSPS) is 12.1. The lowest BCUT2D eigenvalue weighted by Gasteiger charge is -2.17. The number of ether oxygens (including phenoxy) is 1. The maximum atomic E-state index is 13.3. The summed E-state index contributed by atoms with van der Waals surface area (Å²) in [4.78, 5) is 13.6. The van der Waals surface area contributed by atoms with Gasteiger partial charge in [0.1, 0.15) is 11.6 Å². The largest absolute Gasteiger partial charge is 0.383 e. The summed E-state index contributed by atoms with van der Waals surface area (Å²) in [5.41, 5.74) is 8.90. The first-order chi connectivity index (χ1) is 15.0. The highest BCUT2D eigenvalue weighted by Crippen LogP contribution is 2.30. The molecule has 0 spiro atoms. The van der Waals surface area contributed by atoms with Crippen LogP contribution >= 0.6 is 0 Å². The number of methoxy groups -OCH3 is 1. The fraction of sp³-hybridized carbons (Fsp3) is 0.238. The van der Waals surface area contributed by atoms with Crippen molar-refractivity contribution in [3.63, 3.8) is 0 Å².